The fourth-order valence-corrected chi connectivity index (χ4v) is 2.66. The van der Waals surface area contributed by atoms with Crippen LogP contribution in [0.5, 0.6) is 0 Å². The van der Waals surface area contributed by atoms with Crippen LogP contribution < -0.4 is 0 Å². The number of halogens is 1. The van der Waals surface area contributed by atoms with Gasteiger partial charge in [0.2, 0.25) is 0 Å². The van der Waals surface area contributed by atoms with E-state index in [0.717, 1.165) is 22.4 Å². The van der Waals surface area contributed by atoms with Gasteiger partial charge in [0.15, 0.2) is 0 Å². The van der Waals surface area contributed by atoms with Gasteiger partial charge in [0.05, 0.1) is 22.3 Å². The largest absolute Gasteiger partial charge is 0.361 e. The van der Waals surface area contributed by atoms with Crippen LogP contribution in [0.2, 0.25) is 0 Å². The Balaban J connectivity index is 1.93. The number of hydrogen-bond donors (Lipinski definition) is 1. The molecule has 0 radical (unpaired) electrons. The number of fused-ring (bicyclic) bond motifs is 1. The number of imidazole rings is 1. The van der Waals surface area contributed by atoms with Crippen LogP contribution in [0.4, 0.5) is 4.39 Å². The molecule has 1 N–H and O–H groups in total. The van der Waals surface area contributed by atoms with E-state index >= 15 is 0 Å². The van der Waals surface area contributed by atoms with Crippen LogP contribution in [0.25, 0.3) is 22.2 Å². The maximum absolute atomic E-state index is 14.4. The Labute approximate surface area is 115 Å². The number of rotatable bonds is 2. The minimum atomic E-state index is -0.280. The van der Waals surface area contributed by atoms with Crippen LogP contribution in [0.3, 0.4) is 0 Å². The number of benzene rings is 1. The number of H-pyrrole nitrogens is 1. The summed E-state index contributed by atoms with van der Waals surface area (Å²) in [5.74, 6) is 1.83. The fraction of sp³-hybridized carbons (Fsp3) is 0.333. The molecular formula is C15H14FN3O. The lowest BCUT2D eigenvalue weighted by Gasteiger charge is -2.02. The molecule has 20 heavy (non-hydrogen) atoms. The molecule has 0 saturated heterocycles. The maximum Gasteiger partial charge on any atom is 0.141 e. The summed E-state index contributed by atoms with van der Waals surface area (Å²) in [6.07, 6.45) is 2.33. The molecule has 0 aliphatic heterocycles. The minimum absolute atomic E-state index is 0.280. The van der Waals surface area contributed by atoms with Gasteiger partial charge in [-0.25, -0.2) is 9.37 Å². The summed E-state index contributed by atoms with van der Waals surface area (Å²) in [6, 6.07) is 3.29. The van der Waals surface area contributed by atoms with Gasteiger partial charge < -0.3 is 9.51 Å². The van der Waals surface area contributed by atoms with Crippen molar-refractivity contribution in [3.05, 3.63) is 35.2 Å². The van der Waals surface area contributed by atoms with Crippen LogP contribution >= 0.6 is 0 Å². The third kappa shape index (κ3) is 1.66. The molecule has 2 aromatic heterocycles. The van der Waals surface area contributed by atoms with Crippen LogP contribution in [0.15, 0.2) is 16.7 Å². The molecule has 3 aromatic rings. The number of aromatic nitrogens is 3. The molecular weight excluding hydrogens is 257 g/mol. The summed E-state index contributed by atoms with van der Waals surface area (Å²) in [4.78, 5) is 7.78. The zero-order valence-electron chi connectivity index (χ0n) is 11.3. The smallest absolute Gasteiger partial charge is 0.141 e. The van der Waals surface area contributed by atoms with E-state index in [2.05, 4.69) is 15.1 Å². The molecule has 0 spiro atoms. The molecule has 4 rings (SSSR count). The third-order valence-electron chi connectivity index (χ3n) is 3.86. The Morgan fingerprint density at radius 3 is 2.75 bits per heavy atom. The Hall–Kier alpha value is -2.17. The average Bonchev–Trinajstić information content (AvgIpc) is 3.11. The van der Waals surface area contributed by atoms with Gasteiger partial charge in [-0.15, -0.1) is 0 Å². The second-order valence-corrected chi connectivity index (χ2v) is 5.44. The molecule has 4 nitrogen and oxygen atoms in total. The van der Waals surface area contributed by atoms with Gasteiger partial charge in [0.25, 0.3) is 0 Å². The number of hydrogen-bond acceptors (Lipinski definition) is 3. The first kappa shape index (κ1) is 11.6. The quantitative estimate of drug-likeness (QED) is 0.770. The van der Waals surface area contributed by atoms with Crippen molar-refractivity contribution >= 4 is 11.0 Å². The summed E-state index contributed by atoms with van der Waals surface area (Å²) in [6.45, 7) is 3.61. The Morgan fingerprint density at radius 2 is 2.10 bits per heavy atom. The van der Waals surface area contributed by atoms with Crippen molar-refractivity contribution in [3.63, 3.8) is 0 Å². The number of nitrogens with one attached hydrogen (secondary N) is 1. The van der Waals surface area contributed by atoms with Gasteiger partial charge >= 0.3 is 0 Å². The number of aromatic amines is 1. The predicted molar refractivity (Wildman–Crippen MR) is 73.0 cm³/mol. The Kier molecular flexibility index (Phi) is 2.28. The highest BCUT2D eigenvalue weighted by Crippen LogP contribution is 2.40. The van der Waals surface area contributed by atoms with Gasteiger partial charge in [-0.2, -0.15) is 0 Å². The molecule has 1 saturated carbocycles. The van der Waals surface area contributed by atoms with Crippen molar-refractivity contribution in [1.29, 1.82) is 0 Å². The van der Waals surface area contributed by atoms with E-state index in [4.69, 9.17) is 4.52 Å². The minimum Gasteiger partial charge on any atom is -0.361 e. The summed E-state index contributed by atoms with van der Waals surface area (Å²) in [5, 5.41) is 3.89. The summed E-state index contributed by atoms with van der Waals surface area (Å²) < 4.78 is 19.5. The Bertz CT molecular complexity index is 794. The second-order valence-electron chi connectivity index (χ2n) is 5.44. The third-order valence-corrected chi connectivity index (χ3v) is 3.86. The summed E-state index contributed by atoms with van der Waals surface area (Å²) in [7, 11) is 0. The first-order chi connectivity index (χ1) is 9.63. The molecule has 1 fully saturated rings. The summed E-state index contributed by atoms with van der Waals surface area (Å²) in [5.41, 5.74) is 3.46. The van der Waals surface area contributed by atoms with Gasteiger partial charge in [0, 0.05) is 17.5 Å². The first-order valence-corrected chi connectivity index (χ1v) is 6.76. The van der Waals surface area contributed by atoms with Gasteiger partial charge in [0.1, 0.15) is 17.4 Å². The highest BCUT2D eigenvalue weighted by atomic mass is 19.1. The number of nitrogens with zero attached hydrogens (tertiary/aromatic N) is 2. The van der Waals surface area contributed by atoms with E-state index in [0.29, 0.717) is 22.9 Å². The Morgan fingerprint density at radius 1 is 1.30 bits per heavy atom. The molecule has 1 aliphatic rings. The van der Waals surface area contributed by atoms with E-state index in [9.17, 15) is 4.39 Å². The van der Waals surface area contributed by atoms with Gasteiger partial charge in [-0.1, -0.05) is 5.16 Å². The molecule has 0 unspecified atom stereocenters. The van der Waals surface area contributed by atoms with E-state index in [1.165, 1.54) is 18.9 Å². The van der Waals surface area contributed by atoms with Crippen LogP contribution in [-0.2, 0) is 0 Å². The molecule has 0 amide bonds. The normalized spacial score (nSPS) is 15.2. The standard InChI is InChI=1S/C15H14FN3O/c1-7-14(8(2)20-19-7)10-5-12-13(6-11(10)16)18-15(17-12)9-3-4-9/h5-6,9H,3-4H2,1-2H3,(H,17,18). The average molecular weight is 271 g/mol. The maximum atomic E-state index is 14.4. The SMILES string of the molecule is Cc1noc(C)c1-c1cc2nc(C3CC3)[nH]c2cc1F. The number of aryl methyl sites for hydroxylation is 2. The van der Waals surface area contributed by atoms with Crippen LogP contribution in [0.1, 0.15) is 36.0 Å². The van der Waals surface area contributed by atoms with E-state index in [1.54, 1.807) is 13.0 Å². The first-order valence-electron chi connectivity index (χ1n) is 6.76. The van der Waals surface area contributed by atoms with E-state index in [-0.39, 0.29) is 5.82 Å². The van der Waals surface area contributed by atoms with Crippen molar-refractivity contribution in [2.45, 2.75) is 32.6 Å². The molecule has 0 bridgehead atoms. The zero-order chi connectivity index (χ0) is 13.9. The van der Waals surface area contributed by atoms with Crippen molar-refractivity contribution in [2.24, 2.45) is 0 Å². The highest BCUT2D eigenvalue weighted by molar-refractivity contribution is 5.83. The van der Waals surface area contributed by atoms with Crippen LogP contribution in [-0.4, -0.2) is 15.1 Å². The molecule has 5 heteroatoms. The predicted octanol–water partition coefficient (Wildman–Crippen LogP) is 3.85. The topological polar surface area (TPSA) is 54.7 Å². The lowest BCUT2D eigenvalue weighted by Crippen LogP contribution is -1.88. The molecule has 1 aromatic carbocycles. The van der Waals surface area contributed by atoms with E-state index in [1.807, 2.05) is 6.92 Å². The molecule has 102 valence electrons. The van der Waals surface area contributed by atoms with Crippen molar-refractivity contribution in [1.82, 2.24) is 15.1 Å². The lowest BCUT2D eigenvalue weighted by molar-refractivity contribution is 0.393. The van der Waals surface area contributed by atoms with Gasteiger partial charge in [-0.05, 0) is 32.8 Å². The second kappa shape index (κ2) is 3.91. The highest BCUT2D eigenvalue weighted by Gasteiger charge is 2.27. The monoisotopic (exact) mass is 271 g/mol. The molecule has 2 heterocycles. The van der Waals surface area contributed by atoms with E-state index < -0.39 is 0 Å². The zero-order valence-corrected chi connectivity index (χ0v) is 11.3. The van der Waals surface area contributed by atoms with Gasteiger partial charge in [-0.3, -0.25) is 0 Å². The fourth-order valence-electron chi connectivity index (χ4n) is 2.66. The molecule has 1 aliphatic carbocycles. The van der Waals surface area contributed by atoms with Crippen molar-refractivity contribution in [2.75, 3.05) is 0 Å². The van der Waals surface area contributed by atoms with Crippen molar-refractivity contribution < 1.29 is 8.91 Å². The van der Waals surface area contributed by atoms with Crippen molar-refractivity contribution in [3.8, 4) is 11.1 Å². The summed E-state index contributed by atoms with van der Waals surface area (Å²) >= 11 is 0. The molecule has 0 atom stereocenters. The van der Waals surface area contributed by atoms with Crippen LogP contribution in [0, 0.1) is 19.7 Å². The lowest BCUT2D eigenvalue weighted by atomic mass is 10.0.